The van der Waals surface area contributed by atoms with E-state index in [1.54, 1.807) is 32.9 Å². The first-order valence-corrected chi connectivity index (χ1v) is 14.2. The molecule has 11 nitrogen and oxygen atoms in total. The lowest BCUT2D eigenvalue weighted by atomic mass is 10.1. The van der Waals surface area contributed by atoms with Crippen LogP contribution in [0.2, 0.25) is 0 Å². The Morgan fingerprint density at radius 3 is 2.46 bits per heavy atom. The number of hydrogen-bond acceptors (Lipinski definition) is 7. The van der Waals surface area contributed by atoms with Crippen LogP contribution in [0.5, 0.6) is 0 Å². The van der Waals surface area contributed by atoms with Crippen molar-refractivity contribution in [2.45, 2.75) is 20.8 Å². The number of carbonyl (C=O) groups is 2. The van der Waals surface area contributed by atoms with E-state index in [2.05, 4.69) is 20.7 Å². The summed E-state index contributed by atoms with van der Waals surface area (Å²) in [4.78, 5) is 37.9. The highest BCUT2D eigenvalue weighted by Crippen LogP contribution is 2.29. The maximum absolute atomic E-state index is 13.5. The normalized spacial score (nSPS) is 16.5. The fourth-order valence-corrected chi connectivity index (χ4v) is 5.21. The fraction of sp³-hybridized carbons (Fsp3) is 0.480. The molecule has 0 bridgehead atoms. The smallest absolute Gasteiger partial charge is 0.326 e. The van der Waals surface area contributed by atoms with Crippen molar-refractivity contribution >= 4 is 39.2 Å². The molecule has 2 saturated heterocycles. The lowest BCUT2D eigenvalue weighted by Gasteiger charge is -2.36. The van der Waals surface area contributed by atoms with Crippen LogP contribution in [0.15, 0.2) is 30.5 Å². The average Bonchev–Trinajstić information content (AvgIpc) is 3.21. The van der Waals surface area contributed by atoms with Crippen molar-refractivity contribution in [3.8, 4) is 0 Å². The maximum Gasteiger partial charge on any atom is 0.326 e. The Labute approximate surface area is 218 Å². The highest BCUT2D eigenvalue weighted by atomic mass is 32.2. The first-order chi connectivity index (χ1) is 17.6. The Hall–Kier alpha value is -3.38. The lowest BCUT2D eigenvalue weighted by Crippen LogP contribution is -2.49. The van der Waals surface area contributed by atoms with Crippen molar-refractivity contribution in [3.05, 3.63) is 47.2 Å². The standard InChI is InChI=1S/C25H34N6O5S/c1-5-36-17-30-12-13-31(25(30)33)20-6-7-21(22(15-20)27-37(4,34)35)24(32)29-10-8-28(9-11-29)23-19(3)14-18(2)16-26-23/h6-7,14-16,27H,5,8-13,17H2,1-4H3. The van der Waals surface area contributed by atoms with E-state index in [4.69, 9.17) is 4.74 Å². The molecule has 37 heavy (non-hydrogen) atoms. The number of piperazine rings is 1. The molecule has 1 N–H and O–H groups in total. The van der Waals surface area contributed by atoms with Gasteiger partial charge in [0.2, 0.25) is 10.0 Å². The van der Waals surface area contributed by atoms with Gasteiger partial charge in [-0.1, -0.05) is 6.07 Å². The van der Waals surface area contributed by atoms with Gasteiger partial charge in [-0.15, -0.1) is 0 Å². The number of aryl methyl sites for hydroxylation is 2. The van der Waals surface area contributed by atoms with Crippen LogP contribution in [0.25, 0.3) is 0 Å². The Balaban J connectivity index is 1.52. The molecule has 3 amide bonds. The molecule has 0 saturated carbocycles. The number of benzene rings is 1. The zero-order valence-corrected chi connectivity index (χ0v) is 22.5. The molecule has 1 aromatic heterocycles. The second kappa shape index (κ2) is 10.9. The number of aromatic nitrogens is 1. The molecule has 12 heteroatoms. The lowest BCUT2D eigenvalue weighted by molar-refractivity contribution is 0.0664. The SMILES string of the molecule is CCOCN1CCN(c2ccc(C(=O)N3CCN(c4ncc(C)cc4C)CC3)c(NS(C)(=O)=O)c2)C1=O. The molecule has 3 heterocycles. The van der Waals surface area contributed by atoms with Crippen LogP contribution < -0.4 is 14.5 Å². The summed E-state index contributed by atoms with van der Waals surface area (Å²) in [6.07, 6.45) is 2.88. The molecule has 200 valence electrons. The van der Waals surface area contributed by atoms with Crippen molar-refractivity contribution in [2.24, 2.45) is 0 Å². The number of ether oxygens (including phenoxy) is 1. The van der Waals surface area contributed by atoms with E-state index in [-0.39, 0.29) is 29.9 Å². The number of anilines is 3. The average molecular weight is 531 g/mol. The van der Waals surface area contributed by atoms with Gasteiger partial charge in [0.15, 0.2) is 0 Å². The van der Waals surface area contributed by atoms with E-state index >= 15 is 0 Å². The minimum Gasteiger partial charge on any atom is -0.361 e. The fourth-order valence-electron chi connectivity index (χ4n) is 4.65. The Bertz CT molecular complexity index is 1280. The first-order valence-electron chi connectivity index (χ1n) is 12.3. The summed E-state index contributed by atoms with van der Waals surface area (Å²) in [6.45, 7) is 9.70. The maximum atomic E-state index is 13.5. The van der Waals surface area contributed by atoms with Crippen LogP contribution in [0.1, 0.15) is 28.4 Å². The predicted molar refractivity (Wildman–Crippen MR) is 143 cm³/mol. The first kappa shape index (κ1) is 26.7. The van der Waals surface area contributed by atoms with E-state index in [1.807, 2.05) is 27.0 Å². The molecule has 0 aliphatic carbocycles. The van der Waals surface area contributed by atoms with E-state index in [0.717, 1.165) is 23.2 Å². The van der Waals surface area contributed by atoms with Crippen LogP contribution in [0, 0.1) is 13.8 Å². The second-order valence-electron chi connectivity index (χ2n) is 9.36. The molecule has 0 spiro atoms. The number of amides is 3. The minimum absolute atomic E-state index is 0.152. The number of rotatable bonds is 8. The monoisotopic (exact) mass is 530 g/mol. The third-order valence-electron chi connectivity index (χ3n) is 6.44. The molecule has 2 aliphatic rings. The van der Waals surface area contributed by atoms with Gasteiger partial charge < -0.3 is 14.5 Å². The van der Waals surface area contributed by atoms with Crippen molar-refractivity contribution in [1.29, 1.82) is 0 Å². The summed E-state index contributed by atoms with van der Waals surface area (Å²) in [5.41, 5.74) is 3.09. The van der Waals surface area contributed by atoms with Crippen LogP contribution in [-0.2, 0) is 14.8 Å². The second-order valence-corrected chi connectivity index (χ2v) is 11.1. The Kier molecular flexibility index (Phi) is 7.88. The minimum atomic E-state index is -3.66. The van der Waals surface area contributed by atoms with Crippen LogP contribution in [-0.4, -0.2) is 94.0 Å². The van der Waals surface area contributed by atoms with Crippen molar-refractivity contribution in [1.82, 2.24) is 14.8 Å². The summed E-state index contributed by atoms with van der Waals surface area (Å²) in [6, 6.07) is 6.67. The largest absolute Gasteiger partial charge is 0.361 e. The Morgan fingerprint density at radius 1 is 1.08 bits per heavy atom. The quantitative estimate of drug-likeness (QED) is 0.557. The number of hydrogen-bond donors (Lipinski definition) is 1. The van der Waals surface area contributed by atoms with Gasteiger partial charge in [-0.2, -0.15) is 0 Å². The summed E-state index contributed by atoms with van der Waals surface area (Å²) in [7, 11) is -3.66. The number of carbonyl (C=O) groups excluding carboxylic acids is 2. The molecule has 0 unspecified atom stereocenters. The third-order valence-corrected chi connectivity index (χ3v) is 7.03. The number of pyridine rings is 1. The van der Waals surface area contributed by atoms with Gasteiger partial charge >= 0.3 is 6.03 Å². The highest BCUT2D eigenvalue weighted by Gasteiger charge is 2.31. The summed E-state index contributed by atoms with van der Waals surface area (Å²) in [5.74, 6) is 0.645. The third kappa shape index (κ3) is 6.13. The van der Waals surface area contributed by atoms with Crippen LogP contribution in [0.3, 0.4) is 0 Å². The van der Waals surface area contributed by atoms with Gasteiger partial charge in [0.1, 0.15) is 12.5 Å². The summed E-state index contributed by atoms with van der Waals surface area (Å²) < 4.78 is 32.1. The highest BCUT2D eigenvalue weighted by molar-refractivity contribution is 7.92. The molecule has 1 aromatic carbocycles. The Morgan fingerprint density at radius 2 is 1.81 bits per heavy atom. The molecule has 0 atom stereocenters. The van der Waals surface area contributed by atoms with E-state index in [0.29, 0.717) is 51.6 Å². The molecule has 0 radical (unpaired) electrons. The molecule has 4 rings (SSSR count). The van der Waals surface area contributed by atoms with Gasteiger partial charge in [0, 0.05) is 57.8 Å². The van der Waals surface area contributed by atoms with Gasteiger partial charge in [-0.3, -0.25) is 19.3 Å². The van der Waals surface area contributed by atoms with E-state index in [9.17, 15) is 18.0 Å². The zero-order chi connectivity index (χ0) is 26.7. The summed E-state index contributed by atoms with van der Waals surface area (Å²) >= 11 is 0. The zero-order valence-electron chi connectivity index (χ0n) is 21.7. The number of nitrogens with one attached hydrogen (secondary N) is 1. The molecule has 2 fully saturated rings. The molecular weight excluding hydrogens is 496 g/mol. The van der Waals surface area contributed by atoms with E-state index < -0.39 is 10.0 Å². The van der Waals surface area contributed by atoms with Gasteiger partial charge in [0.25, 0.3) is 5.91 Å². The number of nitrogens with zero attached hydrogens (tertiary/aromatic N) is 5. The van der Waals surface area contributed by atoms with Gasteiger partial charge in [-0.25, -0.2) is 18.2 Å². The molecule has 2 aromatic rings. The van der Waals surface area contributed by atoms with Crippen molar-refractivity contribution < 1.29 is 22.7 Å². The van der Waals surface area contributed by atoms with Crippen molar-refractivity contribution in [2.75, 3.05) is 73.4 Å². The van der Waals surface area contributed by atoms with Gasteiger partial charge in [0.05, 0.1) is 17.5 Å². The molecule has 2 aliphatic heterocycles. The van der Waals surface area contributed by atoms with E-state index in [1.165, 1.54) is 0 Å². The van der Waals surface area contributed by atoms with Gasteiger partial charge in [-0.05, 0) is 50.1 Å². The topological polar surface area (TPSA) is 115 Å². The summed E-state index contributed by atoms with van der Waals surface area (Å²) in [5, 5.41) is 0. The van der Waals surface area contributed by atoms with Crippen LogP contribution >= 0.6 is 0 Å². The van der Waals surface area contributed by atoms with Crippen molar-refractivity contribution in [3.63, 3.8) is 0 Å². The predicted octanol–water partition coefficient (Wildman–Crippen LogP) is 2.27. The number of sulfonamides is 1. The number of urea groups is 1. The van der Waals surface area contributed by atoms with Crippen LogP contribution in [0.4, 0.5) is 22.0 Å². The molecular formula is C25H34N6O5S.